The predicted octanol–water partition coefficient (Wildman–Crippen LogP) is 2.92. The lowest BCUT2D eigenvalue weighted by atomic mass is 10.2. The first kappa shape index (κ1) is 6.75. The van der Waals surface area contributed by atoms with Crippen molar-refractivity contribution in [3.63, 3.8) is 0 Å². The fourth-order valence-corrected chi connectivity index (χ4v) is 2.24. The first-order valence-corrected chi connectivity index (χ1v) is 4.19. The summed E-state index contributed by atoms with van der Waals surface area (Å²) >= 11 is 11.9. The van der Waals surface area contributed by atoms with Crippen LogP contribution in [0.5, 0.6) is 0 Å². The molecule has 0 aromatic rings. The van der Waals surface area contributed by atoms with E-state index in [2.05, 4.69) is 18.2 Å². The summed E-state index contributed by atoms with van der Waals surface area (Å²) in [5.74, 6) is 0.858. The van der Waals surface area contributed by atoms with Crippen molar-refractivity contribution in [3.8, 4) is 0 Å². The van der Waals surface area contributed by atoms with Crippen LogP contribution in [0.25, 0.3) is 0 Å². The molecule has 0 saturated heterocycles. The van der Waals surface area contributed by atoms with Gasteiger partial charge in [0.05, 0.1) is 0 Å². The molecule has 1 saturated carbocycles. The van der Waals surface area contributed by atoms with Crippen molar-refractivity contribution in [2.75, 3.05) is 0 Å². The highest BCUT2D eigenvalue weighted by Gasteiger charge is 2.60. The van der Waals surface area contributed by atoms with Crippen LogP contribution >= 0.6 is 23.2 Å². The maximum atomic E-state index is 5.97. The van der Waals surface area contributed by atoms with Crippen molar-refractivity contribution >= 4 is 23.2 Å². The van der Waals surface area contributed by atoms with Crippen molar-refractivity contribution < 1.29 is 0 Å². The van der Waals surface area contributed by atoms with Crippen LogP contribution in [0.3, 0.4) is 0 Å². The summed E-state index contributed by atoms with van der Waals surface area (Å²) in [6, 6.07) is 0. The summed E-state index contributed by atoms with van der Waals surface area (Å²) in [5, 5.41) is 0. The Hall–Kier alpha value is 0.0600. The molecular weight excluding hydrogens is 167 g/mol. The molecule has 54 valence electrons. The van der Waals surface area contributed by atoms with Gasteiger partial charge in [-0.25, -0.2) is 0 Å². The molecule has 0 aromatic carbocycles. The van der Waals surface area contributed by atoms with Gasteiger partial charge in [-0.2, -0.15) is 0 Å². The number of fused-ring (bicyclic) bond motifs is 1. The van der Waals surface area contributed by atoms with E-state index in [1.54, 1.807) is 0 Å². The quantitative estimate of drug-likeness (QED) is 0.496. The van der Waals surface area contributed by atoms with E-state index >= 15 is 0 Å². The summed E-state index contributed by atoms with van der Waals surface area (Å²) in [4.78, 5) is 0. The Morgan fingerprint density at radius 3 is 2.90 bits per heavy atom. The number of hydrogen-bond donors (Lipinski definition) is 0. The van der Waals surface area contributed by atoms with Crippen LogP contribution in [0.1, 0.15) is 6.42 Å². The van der Waals surface area contributed by atoms with E-state index in [-0.39, 0.29) is 0 Å². The SMILES string of the molecule is ClC1(Cl)[C@@H]2CC=CC=C[C@@H]21. The lowest BCUT2D eigenvalue weighted by Crippen LogP contribution is -1.89. The summed E-state index contributed by atoms with van der Waals surface area (Å²) in [6.07, 6.45) is 9.31. The molecule has 0 bridgehead atoms. The molecule has 2 heteroatoms. The van der Waals surface area contributed by atoms with Crippen molar-refractivity contribution in [1.82, 2.24) is 0 Å². The molecule has 1 fully saturated rings. The summed E-state index contributed by atoms with van der Waals surface area (Å²) < 4.78 is -0.457. The average Bonchev–Trinajstić information content (AvgIpc) is 2.47. The van der Waals surface area contributed by atoms with Gasteiger partial charge in [0.15, 0.2) is 0 Å². The van der Waals surface area contributed by atoms with Crippen LogP contribution in [-0.4, -0.2) is 4.33 Å². The van der Waals surface area contributed by atoms with Crippen molar-refractivity contribution in [2.24, 2.45) is 11.8 Å². The van der Waals surface area contributed by atoms with Crippen LogP contribution in [0.4, 0.5) is 0 Å². The third-order valence-electron chi connectivity index (χ3n) is 2.22. The van der Waals surface area contributed by atoms with Gasteiger partial charge in [0.25, 0.3) is 0 Å². The van der Waals surface area contributed by atoms with Crippen LogP contribution in [0.15, 0.2) is 24.3 Å². The molecular formula is C8H8Cl2. The minimum absolute atomic E-state index is 0.394. The smallest absolute Gasteiger partial charge is 0.101 e. The Morgan fingerprint density at radius 1 is 1.30 bits per heavy atom. The van der Waals surface area contributed by atoms with Crippen molar-refractivity contribution in [2.45, 2.75) is 10.8 Å². The van der Waals surface area contributed by atoms with E-state index in [9.17, 15) is 0 Å². The van der Waals surface area contributed by atoms with Gasteiger partial charge in [0.1, 0.15) is 4.33 Å². The molecule has 10 heavy (non-hydrogen) atoms. The topological polar surface area (TPSA) is 0 Å². The first-order chi connectivity index (χ1) is 4.73. The van der Waals surface area contributed by atoms with E-state index in [0.29, 0.717) is 11.8 Å². The summed E-state index contributed by atoms with van der Waals surface area (Å²) in [6.45, 7) is 0. The normalized spacial score (nSPS) is 40.6. The van der Waals surface area contributed by atoms with Gasteiger partial charge in [-0.05, 0) is 6.42 Å². The molecule has 0 radical (unpaired) electrons. The molecule has 0 nitrogen and oxygen atoms in total. The van der Waals surface area contributed by atoms with E-state index in [1.807, 2.05) is 6.08 Å². The third kappa shape index (κ3) is 0.826. The number of allylic oxidation sites excluding steroid dienone is 4. The molecule has 0 unspecified atom stereocenters. The molecule has 0 heterocycles. The number of hydrogen-bond acceptors (Lipinski definition) is 0. The van der Waals surface area contributed by atoms with Crippen molar-refractivity contribution in [1.29, 1.82) is 0 Å². The predicted molar refractivity (Wildman–Crippen MR) is 44.3 cm³/mol. The average molecular weight is 175 g/mol. The second-order valence-corrected chi connectivity index (χ2v) is 4.30. The molecule has 0 aliphatic heterocycles. The second kappa shape index (κ2) is 2.02. The lowest BCUT2D eigenvalue weighted by Gasteiger charge is -1.93. The Kier molecular flexibility index (Phi) is 1.37. The zero-order valence-corrected chi connectivity index (χ0v) is 6.94. The van der Waals surface area contributed by atoms with Gasteiger partial charge in [-0.15, -0.1) is 23.2 Å². The maximum absolute atomic E-state index is 5.97. The monoisotopic (exact) mass is 174 g/mol. The fraction of sp³-hybridized carbons (Fsp3) is 0.500. The molecule has 2 aliphatic carbocycles. The molecule has 2 rings (SSSR count). The molecule has 2 aliphatic rings. The van der Waals surface area contributed by atoms with Crippen LogP contribution in [-0.2, 0) is 0 Å². The van der Waals surface area contributed by atoms with E-state index < -0.39 is 4.33 Å². The van der Waals surface area contributed by atoms with Gasteiger partial charge in [-0.1, -0.05) is 24.3 Å². The Morgan fingerprint density at radius 2 is 2.10 bits per heavy atom. The number of alkyl halides is 2. The van der Waals surface area contributed by atoms with Gasteiger partial charge >= 0.3 is 0 Å². The largest absolute Gasteiger partial charge is 0.128 e. The van der Waals surface area contributed by atoms with E-state index in [0.717, 1.165) is 6.42 Å². The number of rotatable bonds is 0. The zero-order chi connectivity index (χ0) is 7.19. The number of halogens is 2. The highest BCUT2D eigenvalue weighted by Crippen LogP contribution is 2.62. The molecule has 0 N–H and O–H groups in total. The highest BCUT2D eigenvalue weighted by molar-refractivity contribution is 6.51. The molecule has 2 atom stereocenters. The van der Waals surface area contributed by atoms with E-state index in [1.165, 1.54) is 0 Å². The molecule has 0 spiro atoms. The minimum atomic E-state index is -0.457. The molecule has 0 amide bonds. The maximum Gasteiger partial charge on any atom is 0.128 e. The van der Waals surface area contributed by atoms with Gasteiger partial charge in [0, 0.05) is 11.8 Å². The lowest BCUT2D eigenvalue weighted by molar-refractivity contribution is 0.808. The zero-order valence-electron chi connectivity index (χ0n) is 5.43. The third-order valence-corrected chi connectivity index (χ3v) is 3.28. The van der Waals surface area contributed by atoms with E-state index in [4.69, 9.17) is 23.2 Å². The fourth-order valence-electron chi connectivity index (χ4n) is 1.47. The van der Waals surface area contributed by atoms with Crippen LogP contribution in [0.2, 0.25) is 0 Å². The van der Waals surface area contributed by atoms with Crippen LogP contribution < -0.4 is 0 Å². The Balaban J connectivity index is 2.19. The Labute approximate surface area is 70.5 Å². The van der Waals surface area contributed by atoms with Crippen molar-refractivity contribution in [3.05, 3.63) is 24.3 Å². The van der Waals surface area contributed by atoms with Crippen LogP contribution in [0, 0.1) is 11.8 Å². The van der Waals surface area contributed by atoms with Gasteiger partial charge in [0.2, 0.25) is 0 Å². The minimum Gasteiger partial charge on any atom is -0.101 e. The summed E-state index contributed by atoms with van der Waals surface area (Å²) in [7, 11) is 0. The van der Waals surface area contributed by atoms with Gasteiger partial charge < -0.3 is 0 Å². The Bertz CT molecular complexity index is 203. The first-order valence-electron chi connectivity index (χ1n) is 3.44. The highest BCUT2D eigenvalue weighted by atomic mass is 35.5. The van der Waals surface area contributed by atoms with Gasteiger partial charge in [-0.3, -0.25) is 0 Å². The standard InChI is InChI=1S/C8H8Cl2/c9-8(10)6-4-2-1-3-5-7(6)8/h1-4,6-7H,5H2/t6-,7+/m0/s1. The second-order valence-electron chi connectivity index (χ2n) is 2.86. The summed E-state index contributed by atoms with van der Waals surface area (Å²) in [5.41, 5.74) is 0. The molecule has 0 aromatic heterocycles.